The largest absolute Gasteiger partial charge is 0.356 e. The van der Waals surface area contributed by atoms with Crippen LogP contribution in [0, 0.1) is 5.82 Å². The van der Waals surface area contributed by atoms with Crippen LogP contribution in [0.15, 0.2) is 77.3 Å². The molecule has 138 valence electrons. The first-order valence-electron chi connectivity index (χ1n) is 8.55. The highest BCUT2D eigenvalue weighted by Crippen LogP contribution is 2.30. The Morgan fingerprint density at radius 3 is 1.96 bits per heavy atom. The first-order chi connectivity index (χ1) is 13.6. The Morgan fingerprint density at radius 2 is 1.32 bits per heavy atom. The summed E-state index contributed by atoms with van der Waals surface area (Å²) in [5, 5.41) is 5.09. The fourth-order valence-corrected chi connectivity index (χ4v) is 3.03. The van der Waals surface area contributed by atoms with Gasteiger partial charge in [0.25, 0.3) is 0 Å². The van der Waals surface area contributed by atoms with Gasteiger partial charge >= 0.3 is 0 Å². The van der Waals surface area contributed by atoms with Gasteiger partial charge in [-0.05, 0) is 35.4 Å². The summed E-state index contributed by atoms with van der Waals surface area (Å²) in [6, 6.07) is 21.4. The summed E-state index contributed by atoms with van der Waals surface area (Å²) in [7, 11) is 0. The van der Waals surface area contributed by atoms with Crippen molar-refractivity contribution in [2.75, 3.05) is 0 Å². The lowest BCUT2D eigenvalue weighted by Crippen LogP contribution is -1.78. The normalized spacial score (nSPS) is 11.2. The predicted octanol–water partition coefficient (Wildman–Crippen LogP) is 7.62. The van der Waals surface area contributed by atoms with Crippen LogP contribution in [0.4, 0.5) is 4.39 Å². The van der Waals surface area contributed by atoms with Gasteiger partial charge < -0.3 is 4.52 Å². The van der Waals surface area contributed by atoms with Crippen LogP contribution in [-0.2, 0) is 0 Å². The molecule has 1 aromatic heterocycles. The number of hydrogen-bond donors (Lipinski definition) is 0. The molecular formula is C23H14Cl2FNO. The third-order valence-electron chi connectivity index (χ3n) is 4.26. The SMILES string of the molecule is Fc1ccc(C=Cc2ccc(-c3cc(-c4ccc(Cl)c(Cl)c4)no3)cc2)cc1. The molecule has 0 spiro atoms. The summed E-state index contributed by atoms with van der Waals surface area (Å²) >= 11 is 12.0. The topological polar surface area (TPSA) is 26.0 Å². The van der Waals surface area contributed by atoms with E-state index in [0.717, 1.165) is 22.3 Å². The summed E-state index contributed by atoms with van der Waals surface area (Å²) < 4.78 is 18.4. The lowest BCUT2D eigenvalue weighted by Gasteiger charge is -1.99. The van der Waals surface area contributed by atoms with E-state index in [2.05, 4.69) is 5.16 Å². The molecule has 0 saturated carbocycles. The highest BCUT2D eigenvalue weighted by Gasteiger charge is 2.10. The van der Waals surface area contributed by atoms with Crippen LogP contribution in [0.2, 0.25) is 10.0 Å². The Hall–Kier alpha value is -2.88. The minimum absolute atomic E-state index is 0.242. The standard InChI is InChI=1S/C23H14Cl2FNO/c24-20-12-9-18(13-21(20)25)22-14-23(28-27-22)17-7-3-15(4-8-17)1-2-16-5-10-19(26)11-6-16/h1-14H. The molecule has 0 aliphatic rings. The molecule has 0 bridgehead atoms. The van der Waals surface area contributed by atoms with Gasteiger partial charge in [-0.3, -0.25) is 0 Å². The van der Waals surface area contributed by atoms with E-state index in [1.165, 1.54) is 12.1 Å². The first-order valence-corrected chi connectivity index (χ1v) is 9.30. The molecule has 0 aliphatic carbocycles. The molecule has 0 amide bonds. The molecule has 0 atom stereocenters. The summed E-state index contributed by atoms with van der Waals surface area (Å²) in [5.41, 5.74) is 4.40. The van der Waals surface area contributed by atoms with Gasteiger partial charge in [-0.15, -0.1) is 0 Å². The van der Waals surface area contributed by atoms with Crippen LogP contribution in [0.3, 0.4) is 0 Å². The van der Waals surface area contributed by atoms with E-state index in [1.807, 2.05) is 48.6 Å². The van der Waals surface area contributed by atoms with Gasteiger partial charge in [-0.2, -0.15) is 0 Å². The summed E-state index contributed by atoms with van der Waals surface area (Å²) in [6.45, 7) is 0. The molecule has 28 heavy (non-hydrogen) atoms. The molecule has 0 fully saturated rings. The van der Waals surface area contributed by atoms with Crippen molar-refractivity contribution in [3.05, 3.63) is 99.8 Å². The minimum Gasteiger partial charge on any atom is -0.356 e. The number of halogens is 3. The highest BCUT2D eigenvalue weighted by atomic mass is 35.5. The zero-order chi connectivity index (χ0) is 19.5. The second-order valence-electron chi connectivity index (χ2n) is 6.21. The molecule has 1 heterocycles. The molecule has 0 radical (unpaired) electrons. The van der Waals surface area contributed by atoms with Gasteiger partial charge in [0.05, 0.1) is 10.0 Å². The smallest absolute Gasteiger partial charge is 0.167 e. The van der Waals surface area contributed by atoms with Gasteiger partial charge in [0, 0.05) is 17.2 Å². The van der Waals surface area contributed by atoms with Crippen molar-refractivity contribution in [1.29, 1.82) is 0 Å². The number of rotatable bonds is 4. The maximum absolute atomic E-state index is 13.0. The molecule has 4 rings (SSSR count). The Labute approximate surface area is 171 Å². The second-order valence-corrected chi connectivity index (χ2v) is 7.03. The number of hydrogen-bond acceptors (Lipinski definition) is 2. The van der Waals surface area contributed by atoms with E-state index >= 15 is 0 Å². The first kappa shape index (κ1) is 18.5. The van der Waals surface area contributed by atoms with Crippen molar-refractivity contribution < 1.29 is 8.91 Å². The molecule has 2 nitrogen and oxygen atoms in total. The lowest BCUT2D eigenvalue weighted by molar-refractivity contribution is 0.435. The maximum atomic E-state index is 13.0. The van der Waals surface area contributed by atoms with Crippen LogP contribution in [-0.4, -0.2) is 5.16 Å². The Morgan fingerprint density at radius 1 is 0.714 bits per heavy atom. The second kappa shape index (κ2) is 8.01. The molecular weight excluding hydrogens is 396 g/mol. The number of benzene rings is 3. The Kier molecular flexibility index (Phi) is 5.29. The lowest BCUT2D eigenvalue weighted by atomic mass is 10.1. The summed E-state index contributed by atoms with van der Waals surface area (Å²) in [5.74, 6) is 0.420. The molecule has 5 heteroatoms. The molecule has 0 aliphatic heterocycles. The molecule has 0 unspecified atom stereocenters. The van der Waals surface area contributed by atoms with Gasteiger partial charge in [0.15, 0.2) is 5.76 Å². The van der Waals surface area contributed by atoms with E-state index in [0.29, 0.717) is 21.5 Å². The Bertz CT molecular complexity index is 1130. The fraction of sp³-hybridized carbons (Fsp3) is 0. The van der Waals surface area contributed by atoms with Crippen molar-refractivity contribution in [3.63, 3.8) is 0 Å². The Balaban J connectivity index is 1.52. The van der Waals surface area contributed by atoms with E-state index in [9.17, 15) is 4.39 Å². The van der Waals surface area contributed by atoms with Crippen molar-refractivity contribution in [3.8, 4) is 22.6 Å². The van der Waals surface area contributed by atoms with E-state index < -0.39 is 0 Å². The van der Waals surface area contributed by atoms with E-state index in [4.69, 9.17) is 27.7 Å². The number of aromatic nitrogens is 1. The fourth-order valence-electron chi connectivity index (χ4n) is 2.73. The van der Waals surface area contributed by atoms with Crippen molar-refractivity contribution in [2.24, 2.45) is 0 Å². The van der Waals surface area contributed by atoms with Gasteiger partial charge in [-0.25, -0.2) is 4.39 Å². The van der Waals surface area contributed by atoms with Crippen LogP contribution < -0.4 is 0 Å². The van der Waals surface area contributed by atoms with Gasteiger partial charge in [0.1, 0.15) is 11.5 Å². The molecule has 0 saturated heterocycles. The van der Waals surface area contributed by atoms with Gasteiger partial charge in [0.2, 0.25) is 0 Å². The molecule has 0 N–H and O–H groups in total. The van der Waals surface area contributed by atoms with Crippen molar-refractivity contribution in [2.45, 2.75) is 0 Å². The monoisotopic (exact) mass is 409 g/mol. The zero-order valence-electron chi connectivity index (χ0n) is 14.6. The third kappa shape index (κ3) is 4.16. The van der Waals surface area contributed by atoms with Crippen molar-refractivity contribution >= 4 is 35.4 Å². The van der Waals surface area contributed by atoms with Crippen LogP contribution in [0.5, 0.6) is 0 Å². The average Bonchev–Trinajstić information content (AvgIpc) is 3.20. The van der Waals surface area contributed by atoms with E-state index in [-0.39, 0.29) is 5.82 Å². The van der Waals surface area contributed by atoms with Crippen LogP contribution in [0.1, 0.15) is 11.1 Å². The quantitative estimate of drug-likeness (QED) is 0.323. The maximum Gasteiger partial charge on any atom is 0.167 e. The molecule has 4 aromatic rings. The zero-order valence-corrected chi connectivity index (χ0v) is 16.1. The average molecular weight is 410 g/mol. The third-order valence-corrected chi connectivity index (χ3v) is 5.00. The van der Waals surface area contributed by atoms with Crippen LogP contribution in [0.25, 0.3) is 34.7 Å². The highest BCUT2D eigenvalue weighted by molar-refractivity contribution is 6.42. The van der Waals surface area contributed by atoms with Gasteiger partial charge in [-0.1, -0.05) is 83.0 Å². The summed E-state index contributed by atoms with van der Waals surface area (Å²) in [4.78, 5) is 0. The predicted molar refractivity (Wildman–Crippen MR) is 113 cm³/mol. The number of nitrogens with zero attached hydrogens (tertiary/aromatic N) is 1. The minimum atomic E-state index is -0.242. The van der Waals surface area contributed by atoms with Crippen molar-refractivity contribution in [1.82, 2.24) is 5.16 Å². The van der Waals surface area contributed by atoms with Crippen LogP contribution >= 0.6 is 23.2 Å². The molecule has 3 aromatic carbocycles. The van der Waals surface area contributed by atoms with E-state index in [1.54, 1.807) is 24.3 Å². The summed E-state index contributed by atoms with van der Waals surface area (Å²) in [6.07, 6.45) is 3.91.